The molecule has 1 aliphatic carbocycles. The Hall–Kier alpha value is 0.460. The Morgan fingerprint density at radius 2 is 1.65 bits per heavy atom. The molecule has 3 rings (SSSR count). The van der Waals surface area contributed by atoms with Crippen LogP contribution in [-0.2, 0) is 4.74 Å². The number of piperidine rings is 1. The van der Waals surface area contributed by atoms with Crippen molar-refractivity contribution in [3.8, 4) is 0 Å². The molecule has 0 bridgehead atoms. The van der Waals surface area contributed by atoms with Gasteiger partial charge in [0.25, 0.3) is 0 Å². The van der Waals surface area contributed by atoms with E-state index < -0.39 is 0 Å². The van der Waals surface area contributed by atoms with E-state index in [2.05, 4.69) is 4.90 Å². The van der Waals surface area contributed by atoms with Crippen molar-refractivity contribution in [2.24, 2.45) is 17.8 Å². The van der Waals surface area contributed by atoms with Crippen molar-refractivity contribution in [2.45, 2.75) is 42.5 Å². The number of hydrogen-bond donors (Lipinski definition) is 1. The minimum absolute atomic E-state index is 0.00901. The molecule has 0 aromatic carbocycles. The lowest BCUT2D eigenvalue weighted by Crippen LogP contribution is -2.47. The molecule has 2 aliphatic heterocycles. The van der Waals surface area contributed by atoms with Gasteiger partial charge in [-0.3, -0.25) is 0 Å². The zero-order valence-electron chi connectivity index (χ0n) is 11.9. The predicted octanol–water partition coefficient (Wildman–Crippen LogP) is 2.33. The first-order valence-corrected chi connectivity index (χ1v) is 8.77. The van der Waals surface area contributed by atoms with Crippen molar-refractivity contribution in [3.05, 3.63) is 0 Å². The minimum atomic E-state index is -0.287. The summed E-state index contributed by atoms with van der Waals surface area (Å²) in [6.45, 7) is 5.22. The maximum absolute atomic E-state index is 10.2. The van der Waals surface area contributed by atoms with E-state index in [-0.39, 0.29) is 22.8 Å². The SMILES string of the molecule is OC1CC(Cl)C(Cl)CC1CN1CCC(C2COC2)CC1. The van der Waals surface area contributed by atoms with Crippen LogP contribution in [0.1, 0.15) is 25.7 Å². The van der Waals surface area contributed by atoms with Crippen molar-refractivity contribution in [1.29, 1.82) is 0 Å². The van der Waals surface area contributed by atoms with E-state index in [0.717, 1.165) is 51.1 Å². The number of aliphatic hydroxyl groups is 1. The number of rotatable bonds is 3. The topological polar surface area (TPSA) is 32.7 Å². The monoisotopic (exact) mass is 321 g/mol. The number of hydrogen-bond acceptors (Lipinski definition) is 3. The molecule has 2 heterocycles. The Bertz CT molecular complexity index is 319. The Morgan fingerprint density at radius 3 is 2.25 bits per heavy atom. The number of ether oxygens (including phenoxy) is 1. The maximum atomic E-state index is 10.2. The van der Waals surface area contributed by atoms with Crippen LogP contribution in [0.3, 0.4) is 0 Å². The highest BCUT2D eigenvalue weighted by Gasteiger charge is 2.36. The molecule has 4 atom stereocenters. The van der Waals surface area contributed by atoms with E-state index in [0.29, 0.717) is 6.42 Å². The molecular weight excluding hydrogens is 297 g/mol. The molecule has 0 amide bonds. The molecule has 3 fully saturated rings. The van der Waals surface area contributed by atoms with Crippen LogP contribution in [0.25, 0.3) is 0 Å². The predicted molar refractivity (Wildman–Crippen MR) is 81.5 cm³/mol. The highest BCUT2D eigenvalue weighted by atomic mass is 35.5. The van der Waals surface area contributed by atoms with Crippen molar-refractivity contribution in [2.75, 3.05) is 32.8 Å². The largest absolute Gasteiger partial charge is 0.393 e. The Labute approximate surface area is 131 Å². The van der Waals surface area contributed by atoms with Gasteiger partial charge in [-0.1, -0.05) is 0 Å². The number of likely N-dealkylation sites (tertiary alicyclic amines) is 1. The smallest absolute Gasteiger partial charge is 0.0595 e. The molecule has 20 heavy (non-hydrogen) atoms. The summed E-state index contributed by atoms with van der Waals surface area (Å²) in [5, 5.41) is 10.1. The number of nitrogens with zero attached hydrogens (tertiary/aromatic N) is 1. The standard InChI is InChI=1S/C15H25Cl2NO2/c16-13-5-11(15(19)6-14(13)17)7-18-3-1-10(2-4-18)12-8-20-9-12/h10-15,19H,1-9H2. The third-order valence-corrected chi connectivity index (χ3v) is 6.48. The van der Waals surface area contributed by atoms with Gasteiger partial charge < -0.3 is 14.7 Å². The summed E-state index contributed by atoms with van der Waals surface area (Å²) in [5.41, 5.74) is 0. The molecular formula is C15H25Cl2NO2. The Morgan fingerprint density at radius 1 is 1.00 bits per heavy atom. The van der Waals surface area contributed by atoms with Gasteiger partial charge in [0.2, 0.25) is 0 Å². The van der Waals surface area contributed by atoms with E-state index in [1.807, 2.05) is 0 Å². The molecule has 1 saturated carbocycles. The normalized spacial score (nSPS) is 41.5. The molecule has 2 saturated heterocycles. The summed E-state index contributed by atoms with van der Waals surface area (Å²) >= 11 is 12.4. The zero-order valence-corrected chi connectivity index (χ0v) is 13.4. The van der Waals surface area contributed by atoms with Gasteiger partial charge in [-0.2, -0.15) is 0 Å². The van der Waals surface area contributed by atoms with Gasteiger partial charge >= 0.3 is 0 Å². The van der Waals surface area contributed by atoms with Gasteiger partial charge in [-0.05, 0) is 50.6 Å². The molecule has 116 valence electrons. The molecule has 3 nitrogen and oxygen atoms in total. The summed E-state index contributed by atoms with van der Waals surface area (Å²) in [6, 6.07) is 0. The van der Waals surface area contributed by atoms with Gasteiger partial charge in [-0.15, -0.1) is 23.2 Å². The number of aliphatic hydroxyl groups excluding tert-OH is 1. The molecule has 0 aromatic heterocycles. The van der Waals surface area contributed by atoms with E-state index in [1.165, 1.54) is 12.8 Å². The first-order chi connectivity index (χ1) is 9.63. The van der Waals surface area contributed by atoms with Crippen LogP contribution in [-0.4, -0.2) is 59.7 Å². The lowest BCUT2D eigenvalue weighted by molar-refractivity contribution is -0.0739. The second-order valence-electron chi connectivity index (χ2n) is 6.77. The van der Waals surface area contributed by atoms with Gasteiger partial charge in [0.05, 0.1) is 30.1 Å². The van der Waals surface area contributed by atoms with E-state index in [9.17, 15) is 5.11 Å². The molecule has 3 aliphatic rings. The van der Waals surface area contributed by atoms with Crippen LogP contribution in [0, 0.1) is 17.8 Å². The average molecular weight is 322 g/mol. The summed E-state index contributed by atoms with van der Waals surface area (Å²) in [7, 11) is 0. The third kappa shape index (κ3) is 3.44. The highest BCUT2D eigenvalue weighted by Crippen LogP contribution is 2.34. The molecule has 4 unspecified atom stereocenters. The maximum Gasteiger partial charge on any atom is 0.0595 e. The summed E-state index contributed by atoms with van der Waals surface area (Å²) in [4.78, 5) is 2.50. The van der Waals surface area contributed by atoms with Crippen molar-refractivity contribution in [1.82, 2.24) is 4.90 Å². The van der Waals surface area contributed by atoms with Crippen LogP contribution >= 0.6 is 23.2 Å². The van der Waals surface area contributed by atoms with Crippen LogP contribution < -0.4 is 0 Å². The zero-order chi connectivity index (χ0) is 14.1. The summed E-state index contributed by atoms with van der Waals surface area (Å²) in [6.07, 6.45) is 3.74. The second-order valence-corrected chi connectivity index (χ2v) is 7.89. The van der Waals surface area contributed by atoms with Crippen LogP contribution in [0.15, 0.2) is 0 Å². The fraction of sp³-hybridized carbons (Fsp3) is 1.00. The van der Waals surface area contributed by atoms with Crippen molar-refractivity contribution >= 4 is 23.2 Å². The first-order valence-electron chi connectivity index (χ1n) is 7.89. The molecule has 1 N–H and O–H groups in total. The van der Waals surface area contributed by atoms with Crippen LogP contribution in [0.2, 0.25) is 0 Å². The quantitative estimate of drug-likeness (QED) is 0.810. The van der Waals surface area contributed by atoms with Crippen molar-refractivity contribution < 1.29 is 9.84 Å². The van der Waals surface area contributed by atoms with E-state index in [4.69, 9.17) is 27.9 Å². The van der Waals surface area contributed by atoms with Gasteiger partial charge in [0.15, 0.2) is 0 Å². The minimum Gasteiger partial charge on any atom is -0.393 e. The average Bonchev–Trinajstić information content (AvgIpc) is 2.36. The lowest BCUT2D eigenvalue weighted by atomic mass is 9.81. The molecule has 5 heteroatoms. The van der Waals surface area contributed by atoms with Crippen LogP contribution in [0.4, 0.5) is 0 Å². The number of halogens is 2. The molecule has 0 spiro atoms. The highest BCUT2D eigenvalue weighted by molar-refractivity contribution is 6.30. The second kappa shape index (κ2) is 6.70. The van der Waals surface area contributed by atoms with E-state index in [1.54, 1.807) is 0 Å². The lowest BCUT2D eigenvalue weighted by Gasteiger charge is -2.42. The van der Waals surface area contributed by atoms with Crippen LogP contribution in [0.5, 0.6) is 0 Å². The Balaban J connectivity index is 1.44. The van der Waals surface area contributed by atoms with E-state index >= 15 is 0 Å². The fourth-order valence-electron chi connectivity index (χ4n) is 3.83. The fourth-order valence-corrected chi connectivity index (χ4v) is 4.44. The third-order valence-electron chi connectivity index (χ3n) is 5.39. The van der Waals surface area contributed by atoms with Gasteiger partial charge in [-0.25, -0.2) is 0 Å². The number of alkyl halides is 2. The molecule has 0 aromatic rings. The first kappa shape index (κ1) is 15.4. The molecule has 0 radical (unpaired) electrons. The Kier molecular flexibility index (Phi) is 5.15. The van der Waals surface area contributed by atoms with Crippen molar-refractivity contribution in [3.63, 3.8) is 0 Å². The summed E-state index contributed by atoms with van der Waals surface area (Å²) in [5.74, 6) is 1.95. The van der Waals surface area contributed by atoms with Gasteiger partial charge in [0, 0.05) is 12.5 Å². The van der Waals surface area contributed by atoms with Gasteiger partial charge in [0.1, 0.15) is 0 Å². The summed E-state index contributed by atoms with van der Waals surface area (Å²) < 4.78 is 5.30.